The van der Waals surface area contributed by atoms with E-state index in [4.69, 9.17) is 0 Å². The summed E-state index contributed by atoms with van der Waals surface area (Å²) in [7, 11) is 0. The van der Waals surface area contributed by atoms with Crippen molar-refractivity contribution in [2.24, 2.45) is 11.8 Å². The molecule has 4 rings (SSSR count). The van der Waals surface area contributed by atoms with Gasteiger partial charge in [0.2, 0.25) is 0 Å². The monoisotopic (exact) mass is 475 g/mol. The molecule has 4 atom stereocenters. The highest BCUT2D eigenvalue weighted by molar-refractivity contribution is 5.56. The molecule has 180 valence electrons. The maximum Gasteiger partial charge on any atom is 0.416 e. The van der Waals surface area contributed by atoms with E-state index in [-0.39, 0.29) is 42.3 Å². The van der Waals surface area contributed by atoms with Gasteiger partial charge >= 0.3 is 6.18 Å². The molecule has 9 heteroatoms. The number of alkyl halides is 3. The summed E-state index contributed by atoms with van der Waals surface area (Å²) in [5.74, 6) is -0.787. The number of hydrogen-bond donors (Lipinski definition) is 3. The van der Waals surface area contributed by atoms with E-state index in [0.717, 1.165) is 12.1 Å². The molecule has 2 aromatic carbocycles. The molecule has 0 saturated heterocycles. The Morgan fingerprint density at radius 3 is 2.56 bits per heavy atom. The van der Waals surface area contributed by atoms with E-state index in [2.05, 4.69) is 15.3 Å². The van der Waals surface area contributed by atoms with Crippen LogP contribution in [0.3, 0.4) is 0 Å². The predicted molar refractivity (Wildman–Crippen MR) is 118 cm³/mol. The summed E-state index contributed by atoms with van der Waals surface area (Å²) in [6, 6.07) is 12.7. The molecule has 0 unspecified atom stereocenters. The zero-order chi connectivity index (χ0) is 24.3. The van der Waals surface area contributed by atoms with Crippen molar-refractivity contribution in [3.63, 3.8) is 0 Å². The maximum atomic E-state index is 14.0. The average molecular weight is 475 g/mol. The summed E-state index contributed by atoms with van der Waals surface area (Å²) in [6.45, 7) is 0.0350. The fourth-order valence-electron chi connectivity index (χ4n) is 4.59. The number of hydrogen-bond acceptors (Lipinski definition) is 5. The lowest BCUT2D eigenvalue weighted by atomic mass is 9.88. The van der Waals surface area contributed by atoms with Crippen LogP contribution in [-0.4, -0.2) is 38.9 Å². The van der Waals surface area contributed by atoms with E-state index >= 15 is 0 Å². The third-order valence-corrected chi connectivity index (χ3v) is 6.39. The molecule has 3 N–H and O–H groups in total. The van der Waals surface area contributed by atoms with Crippen LogP contribution in [0, 0.1) is 17.7 Å². The van der Waals surface area contributed by atoms with E-state index in [1.165, 1.54) is 24.4 Å². The third-order valence-electron chi connectivity index (χ3n) is 6.39. The summed E-state index contributed by atoms with van der Waals surface area (Å²) in [5, 5.41) is 23.7. The highest BCUT2D eigenvalue weighted by Crippen LogP contribution is 2.35. The molecule has 0 amide bonds. The minimum atomic E-state index is -4.47. The highest BCUT2D eigenvalue weighted by Gasteiger charge is 2.42. The number of rotatable bonds is 7. The van der Waals surface area contributed by atoms with E-state index in [1.807, 2.05) is 0 Å². The van der Waals surface area contributed by atoms with Gasteiger partial charge in [0.05, 0.1) is 11.7 Å². The molecule has 1 aliphatic rings. The molecule has 1 saturated carbocycles. The Kier molecular flexibility index (Phi) is 7.25. The fraction of sp³-hybridized carbons (Fsp3) is 0.360. The predicted octanol–water partition coefficient (Wildman–Crippen LogP) is 3.99. The molecule has 0 bridgehead atoms. The molecule has 1 fully saturated rings. The second kappa shape index (κ2) is 10.2. The molecule has 0 radical (unpaired) electrons. The molecule has 3 aromatic rings. The number of aromatic nitrogens is 2. The van der Waals surface area contributed by atoms with Crippen molar-refractivity contribution in [3.8, 4) is 11.4 Å². The number of halogens is 4. The van der Waals surface area contributed by atoms with Crippen molar-refractivity contribution >= 4 is 0 Å². The van der Waals surface area contributed by atoms with E-state index in [0.29, 0.717) is 24.1 Å². The standard InChI is InChI=1S/C25H25F4N3O2/c26-21-7-2-1-4-16(21)13-31-22-12-23(34)20(14-33)19(22)11-18-8-9-30-24(32-18)15-5-3-6-17(10-15)25(27,28)29/h1-10,19-20,22-23,31,33-34H,11-14H2/t19-,20-,22-,23-/m1/s1. The fourth-order valence-corrected chi connectivity index (χ4v) is 4.59. The smallest absolute Gasteiger partial charge is 0.396 e. The van der Waals surface area contributed by atoms with Crippen LogP contribution in [0.1, 0.15) is 23.2 Å². The number of aliphatic hydroxyl groups excluding tert-OH is 2. The number of aliphatic hydroxyl groups is 2. The zero-order valence-electron chi connectivity index (χ0n) is 18.2. The average Bonchev–Trinajstić information content (AvgIpc) is 3.12. The van der Waals surface area contributed by atoms with Crippen LogP contribution in [0.15, 0.2) is 60.8 Å². The van der Waals surface area contributed by atoms with Crippen LogP contribution in [0.5, 0.6) is 0 Å². The Bertz CT molecular complexity index is 1130. The van der Waals surface area contributed by atoms with Crippen LogP contribution in [0.25, 0.3) is 11.4 Å². The lowest BCUT2D eigenvalue weighted by Gasteiger charge is -2.25. The van der Waals surface area contributed by atoms with Crippen molar-refractivity contribution in [2.45, 2.75) is 37.7 Å². The first-order valence-corrected chi connectivity index (χ1v) is 11.0. The normalized spacial score (nSPS) is 22.8. The Hall–Kier alpha value is -2.88. The van der Waals surface area contributed by atoms with Crippen LogP contribution >= 0.6 is 0 Å². The molecule has 5 nitrogen and oxygen atoms in total. The number of benzene rings is 2. The summed E-state index contributed by atoms with van der Waals surface area (Å²) in [5.41, 5.74) is 0.543. The van der Waals surface area contributed by atoms with Gasteiger partial charge in [-0.25, -0.2) is 14.4 Å². The van der Waals surface area contributed by atoms with Crippen molar-refractivity contribution in [1.29, 1.82) is 0 Å². The molecular formula is C25H25F4N3O2. The minimum absolute atomic E-state index is 0.165. The van der Waals surface area contributed by atoms with Gasteiger partial charge in [-0.15, -0.1) is 0 Å². The Morgan fingerprint density at radius 1 is 1.03 bits per heavy atom. The SMILES string of the molecule is OC[C@@H]1[C@@H](Cc2ccnc(-c3cccc(C(F)(F)F)c3)n2)[C@H](NCc2ccccc2F)C[C@H]1O. The first-order chi connectivity index (χ1) is 16.3. The van der Waals surface area contributed by atoms with Gasteiger partial charge in [-0.05, 0) is 43.0 Å². The first-order valence-electron chi connectivity index (χ1n) is 11.0. The van der Waals surface area contributed by atoms with Gasteiger partial charge in [-0.3, -0.25) is 0 Å². The number of nitrogens with one attached hydrogen (secondary N) is 1. The van der Waals surface area contributed by atoms with Crippen molar-refractivity contribution < 1.29 is 27.8 Å². The minimum Gasteiger partial charge on any atom is -0.396 e. The quantitative estimate of drug-likeness (QED) is 0.451. The largest absolute Gasteiger partial charge is 0.416 e. The van der Waals surface area contributed by atoms with E-state index < -0.39 is 23.8 Å². The molecule has 34 heavy (non-hydrogen) atoms. The first kappa shape index (κ1) is 24.3. The lowest BCUT2D eigenvalue weighted by molar-refractivity contribution is -0.137. The molecule has 0 aliphatic heterocycles. The van der Waals surface area contributed by atoms with Crippen molar-refractivity contribution in [3.05, 3.63) is 83.4 Å². The zero-order valence-corrected chi connectivity index (χ0v) is 18.2. The lowest BCUT2D eigenvalue weighted by Crippen LogP contribution is -2.36. The second-order valence-corrected chi connectivity index (χ2v) is 8.55. The molecule has 1 aromatic heterocycles. The van der Waals surface area contributed by atoms with Gasteiger partial charge in [-0.1, -0.05) is 30.3 Å². The van der Waals surface area contributed by atoms with Gasteiger partial charge in [-0.2, -0.15) is 13.2 Å². The van der Waals surface area contributed by atoms with Crippen LogP contribution < -0.4 is 5.32 Å². The van der Waals surface area contributed by atoms with Crippen LogP contribution in [0.4, 0.5) is 17.6 Å². The summed E-state index contributed by atoms with van der Waals surface area (Å²) < 4.78 is 53.3. The number of nitrogens with zero attached hydrogens (tertiary/aromatic N) is 2. The molecular weight excluding hydrogens is 450 g/mol. The van der Waals surface area contributed by atoms with E-state index in [9.17, 15) is 27.8 Å². The van der Waals surface area contributed by atoms with Crippen LogP contribution in [0.2, 0.25) is 0 Å². The third kappa shape index (κ3) is 5.43. The summed E-state index contributed by atoms with van der Waals surface area (Å²) >= 11 is 0. The van der Waals surface area contributed by atoms with Crippen LogP contribution in [-0.2, 0) is 19.1 Å². The van der Waals surface area contributed by atoms with Gasteiger partial charge < -0.3 is 15.5 Å². The van der Waals surface area contributed by atoms with Gasteiger partial charge in [0.15, 0.2) is 5.82 Å². The molecule has 1 heterocycles. The molecule has 0 spiro atoms. The summed E-state index contributed by atoms with van der Waals surface area (Å²) in [4.78, 5) is 8.59. The van der Waals surface area contributed by atoms with Crippen molar-refractivity contribution in [1.82, 2.24) is 15.3 Å². The topological polar surface area (TPSA) is 78.3 Å². The van der Waals surface area contributed by atoms with E-state index in [1.54, 1.807) is 24.3 Å². The second-order valence-electron chi connectivity index (χ2n) is 8.55. The van der Waals surface area contributed by atoms with Crippen molar-refractivity contribution in [2.75, 3.05) is 6.61 Å². The van der Waals surface area contributed by atoms with Gasteiger partial charge in [0.1, 0.15) is 5.82 Å². The van der Waals surface area contributed by atoms with Gasteiger partial charge in [0, 0.05) is 48.1 Å². The maximum absolute atomic E-state index is 14.0. The Morgan fingerprint density at radius 2 is 1.82 bits per heavy atom. The summed E-state index contributed by atoms with van der Waals surface area (Å²) in [6.07, 6.45) is -2.97. The van der Waals surface area contributed by atoms with Gasteiger partial charge in [0.25, 0.3) is 0 Å². The highest BCUT2D eigenvalue weighted by atomic mass is 19.4. The Labute approximate surface area is 194 Å². The molecule has 1 aliphatic carbocycles. The Balaban J connectivity index is 1.54.